The van der Waals surface area contributed by atoms with E-state index in [4.69, 9.17) is 0 Å². The van der Waals surface area contributed by atoms with Crippen molar-refractivity contribution in [2.45, 2.75) is 25.8 Å². The first-order valence-electron chi connectivity index (χ1n) is 8.50. The van der Waals surface area contributed by atoms with Gasteiger partial charge in [0.1, 0.15) is 11.5 Å². The second kappa shape index (κ2) is 6.48. The topological polar surface area (TPSA) is 63.1 Å². The molecule has 3 aromatic rings. The third-order valence-corrected chi connectivity index (χ3v) is 5.61. The van der Waals surface area contributed by atoms with Crippen LogP contribution in [-0.4, -0.2) is 39.8 Å². The monoisotopic (exact) mass is 355 g/mol. The lowest BCUT2D eigenvalue weighted by Crippen LogP contribution is -2.45. The zero-order chi connectivity index (χ0) is 17.4. The number of fused-ring (bicyclic) bond motifs is 1. The van der Waals surface area contributed by atoms with Crippen molar-refractivity contribution >= 4 is 33.1 Å². The Labute approximate surface area is 150 Å². The molecule has 0 unspecified atom stereocenters. The molecule has 1 aliphatic rings. The van der Waals surface area contributed by atoms with Gasteiger partial charge in [0.2, 0.25) is 0 Å². The lowest BCUT2D eigenvalue weighted by Gasteiger charge is -2.33. The van der Waals surface area contributed by atoms with Gasteiger partial charge in [0.05, 0.1) is 5.69 Å². The fourth-order valence-corrected chi connectivity index (χ4v) is 4.23. The molecular weight excluding hydrogens is 334 g/mol. The van der Waals surface area contributed by atoms with E-state index in [0.29, 0.717) is 5.69 Å². The molecule has 0 aromatic carbocycles. The van der Waals surface area contributed by atoms with Crippen LogP contribution in [0.3, 0.4) is 0 Å². The number of nitrogens with zero attached hydrogens (tertiary/aromatic N) is 4. The molecule has 25 heavy (non-hydrogen) atoms. The molecule has 1 fully saturated rings. The number of aryl methyl sites for hydroxylation is 2. The smallest absolute Gasteiger partial charge is 0.269 e. The van der Waals surface area contributed by atoms with Crippen LogP contribution in [0.4, 0.5) is 5.82 Å². The Bertz CT molecular complexity index is 907. The van der Waals surface area contributed by atoms with E-state index in [1.165, 1.54) is 10.1 Å². The van der Waals surface area contributed by atoms with Crippen molar-refractivity contribution in [3.05, 3.63) is 41.2 Å². The standard InChI is InChI=1S/C18H21N5OS/c1-12-11-15(22(2)21-12)18(24)20-13-4-8-23(9-5-13)17-14-6-10-25-16(14)3-7-19-17/h3,6-7,10-11,13H,4-5,8-9H2,1-2H3,(H,20,24). The van der Waals surface area contributed by atoms with Crippen molar-refractivity contribution in [3.63, 3.8) is 0 Å². The number of thiophene rings is 1. The third kappa shape index (κ3) is 3.11. The number of carbonyl (C=O) groups is 1. The van der Waals surface area contributed by atoms with Crippen molar-refractivity contribution in [1.29, 1.82) is 0 Å². The van der Waals surface area contributed by atoms with Gasteiger partial charge in [-0.25, -0.2) is 4.98 Å². The summed E-state index contributed by atoms with van der Waals surface area (Å²) >= 11 is 1.74. The average molecular weight is 355 g/mol. The van der Waals surface area contributed by atoms with Crippen LogP contribution in [0.1, 0.15) is 29.0 Å². The van der Waals surface area contributed by atoms with Gasteiger partial charge in [0.25, 0.3) is 5.91 Å². The highest BCUT2D eigenvalue weighted by atomic mass is 32.1. The first kappa shape index (κ1) is 16.1. The molecule has 0 aliphatic carbocycles. The first-order valence-corrected chi connectivity index (χ1v) is 9.38. The number of nitrogens with one attached hydrogen (secondary N) is 1. The second-order valence-electron chi connectivity index (χ2n) is 6.50. The van der Waals surface area contributed by atoms with E-state index in [9.17, 15) is 4.79 Å². The number of anilines is 1. The number of piperidine rings is 1. The Kier molecular flexibility index (Phi) is 4.17. The van der Waals surface area contributed by atoms with Gasteiger partial charge in [-0.15, -0.1) is 11.3 Å². The van der Waals surface area contributed by atoms with Gasteiger partial charge in [-0.2, -0.15) is 5.10 Å². The van der Waals surface area contributed by atoms with E-state index < -0.39 is 0 Å². The minimum Gasteiger partial charge on any atom is -0.356 e. The summed E-state index contributed by atoms with van der Waals surface area (Å²) in [6.07, 6.45) is 3.72. The van der Waals surface area contributed by atoms with E-state index >= 15 is 0 Å². The zero-order valence-corrected chi connectivity index (χ0v) is 15.2. The minimum atomic E-state index is -0.0420. The van der Waals surface area contributed by atoms with Gasteiger partial charge in [-0.3, -0.25) is 9.48 Å². The van der Waals surface area contributed by atoms with E-state index in [0.717, 1.165) is 37.4 Å². The Morgan fingerprint density at radius 2 is 2.12 bits per heavy atom. The maximum absolute atomic E-state index is 12.4. The molecule has 3 aromatic heterocycles. The van der Waals surface area contributed by atoms with E-state index in [-0.39, 0.29) is 11.9 Å². The van der Waals surface area contributed by atoms with Crippen LogP contribution in [0.25, 0.3) is 10.1 Å². The lowest BCUT2D eigenvalue weighted by atomic mass is 10.0. The highest BCUT2D eigenvalue weighted by Gasteiger charge is 2.24. The van der Waals surface area contributed by atoms with Crippen LogP contribution in [0.15, 0.2) is 29.8 Å². The summed E-state index contributed by atoms with van der Waals surface area (Å²) in [6.45, 7) is 3.70. The molecule has 4 rings (SSSR count). The summed E-state index contributed by atoms with van der Waals surface area (Å²) < 4.78 is 2.91. The summed E-state index contributed by atoms with van der Waals surface area (Å²) in [5.74, 6) is 1.02. The van der Waals surface area contributed by atoms with Crippen LogP contribution in [-0.2, 0) is 7.05 Å². The molecule has 4 heterocycles. The fourth-order valence-electron chi connectivity index (χ4n) is 3.45. The molecule has 0 radical (unpaired) electrons. The quantitative estimate of drug-likeness (QED) is 0.785. The van der Waals surface area contributed by atoms with Crippen LogP contribution in [0.2, 0.25) is 0 Å². The predicted octanol–water partition coefficient (Wildman–Crippen LogP) is 2.74. The number of hydrogen-bond acceptors (Lipinski definition) is 5. The molecule has 0 spiro atoms. The molecular formula is C18H21N5OS. The highest BCUT2D eigenvalue weighted by molar-refractivity contribution is 7.17. The van der Waals surface area contributed by atoms with Crippen molar-refractivity contribution in [3.8, 4) is 0 Å². The number of aromatic nitrogens is 3. The maximum Gasteiger partial charge on any atom is 0.269 e. The number of rotatable bonds is 3. The Morgan fingerprint density at radius 3 is 2.84 bits per heavy atom. The highest BCUT2D eigenvalue weighted by Crippen LogP contribution is 2.30. The van der Waals surface area contributed by atoms with E-state index in [1.54, 1.807) is 23.1 Å². The second-order valence-corrected chi connectivity index (χ2v) is 7.44. The maximum atomic E-state index is 12.4. The number of carbonyl (C=O) groups excluding carboxylic acids is 1. The summed E-state index contributed by atoms with van der Waals surface area (Å²) in [5, 5.41) is 10.7. The molecule has 0 atom stereocenters. The molecule has 0 saturated carbocycles. The molecule has 130 valence electrons. The third-order valence-electron chi connectivity index (χ3n) is 4.72. The van der Waals surface area contributed by atoms with Crippen molar-refractivity contribution in [2.24, 2.45) is 7.05 Å². The molecule has 0 bridgehead atoms. The summed E-state index contributed by atoms with van der Waals surface area (Å²) in [4.78, 5) is 19.4. The SMILES string of the molecule is Cc1cc(C(=O)NC2CCN(c3nccc4sccc34)CC2)n(C)n1. The number of amides is 1. The molecule has 1 saturated heterocycles. The van der Waals surface area contributed by atoms with Gasteiger partial charge >= 0.3 is 0 Å². The Morgan fingerprint density at radius 1 is 1.32 bits per heavy atom. The van der Waals surface area contributed by atoms with Gasteiger partial charge in [-0.05, 0) is 43.3 Å². The minimum absolute atomic E-state index is 0.0420. The summed E-state index contributed by atoms with van der Waals surface area (Å²) in [7, 11) is 1.80. The van der Waals surface area contributed by atoms with Gasteiger partial charge in [-0.1, -0.05) is 0 Å². The lowest BCUT2D eigenvalue weighted by molar-refractivity contribution is 0.0921. The first-order chi connectivity index (χ1) is 12.1. The van der Waals surface area contributed by atoms with E-state index in [1.807, 2.05) is 19.2 Å². The summed E-state index contributed by atoms with van der Waals surface area (Å²) in [6, 6.07) is 6.22. The number of pyridine rings is 1. The molecule has 1 N–H and O–H groups in total. The Balaban J connectivity index is 1.41. The van der Waals surface area contributed by atoms with Crippen LogP contribution >= 0.6 is 11.3 Å². The van der Waals surface area contributed by atoms with Crippen molar-refractivity contribution < 1.29 is 4.79 Å². The average Bonchev–Trinajstić information content (AvgIpc) is 3.21. The molecule has 6 nitrogen and oxygen atoms in total. The molecule has 1 amide bonds. The largest absolute Gasteiger partial charge is 0.356 e. The van der Waals surface area contributed by atoms with E-state index in [2.05, 4.69) is 37.8 Å². The predicted molar refractivity (Wildman–Crippen MR) is 100 cm³/mol. The fraction of sp³-hybridized carbons (Fsp3) is 0.389. The normalized spacial score (nSPS) is 15.7. The van der Waals surface area contributed by atoms with Gasteiger partial charge < -0.3 is 10.2 Å². The van der Waals surface area contributed by atoms with Gasteiger partial charge in [0.15, 0.2) is 0 Å². The van der Waals surface area contributed by atoms with Crippen LogP contribution < -0.4 is 10.2 Å². The molecule has 7 heteroatoms. The van der Waals surface area contributed by atoms with Crippen molar-refractivity contribution in [2.75, 3.05) is 18.0 Å². The van der Waals surface area contributed by atoms with Crippen LogP contribution in [0, 0.1) is 6.92 Å². The zero-order valence-electron chi connectivity index (χ0n) is 14.4. The summed E-state index contributed by atoms with van der Waals surface area (Å²) in [5.41, 5.74) is 1.47. The molecule has 1 aliphatic heterocycles. The van der Waals surface area contributed by atoms with Crippen LogP contribution in [0.5, 0.6) is 0 Å². The number of hydrogen-bond donors (Lipinski definition) is 1. The van der Waals surface area contributed by atoms with Crippen molar-refractivity contribution in [1.82, 2.24) is 20.1 Å². The Hall–Kier alpha value is -2.41. The van der Waals surface area contributed by atoms with Gasteiger partial charge in [0, 0.05) is 42.5 Å².